The van der Waals surface area contributed by atoms with Gasteiger partial charge in [0.25, 0.3) is 0 Å². The molecule has 2 unspecified atom stereocenters. The van der Waals surface area contributed by atoms with Crippen LogP contribution in [0.3, 0.4) is 0 Å². The maximum Gasteiger partial charge on any atom is 0.321 e. The summed E-state index contributed by atoms with van der Waals surface area (Å²) in [6.45, 7) is 4.02. The zero-order chi connectivity index (χ0) is 14.4. The molecule has 0 spiro atoms. The number of rotatable bonds is 2. The smallest absolute Gasteiger partial charge is 0.321 e. The Morgan fingerprint density at radius 3 is 2.85 bits per heavy atom. The number of fused-ring (bicyclic) bond motifs is 3. The second-order valence-corrected chi connectivity index (χ2v) is 5.34. The van der Waals surface area contributed by atoms with Crippen LogP contribution in [-0.2, 0) is 11.2 Å². The van der Waals surface area contributed by atoms with Crippen LogP contribution in [0.15, 0.2) is 12.1 Å². The minimum Gasteiger partial charge on any atom is -0.495 e. The second kappa shape index (κ2) is 4.52. The van der Waals surface area contributed by atoms with Gasteiger partial charge in [-0.1, -0.05) is 6.07 Å². The monoisotopic (exact) mass is 274 g/mol. The van der Waals surface area contributed by atoms with E-state index in [9.17, 15) is 9.90 Å². The SMILES string of the molecule is COc1ccc(C)c2c3c([nH]c12)C(C)NC(C(=O)O)C3. The van der Waals surface area contributed by atoms with Crippen LogP contribution in [0, 0.1) is 6.92 Å². The van der Waals surface area contributed by atoms with Gasteiger partial charge in [0.05, 0.1) is 12.6 Å². The first-order chi connectivity index (χ1) is 9.52. The summed E-state index contributed by atoms with van der Waals surface area (Å²) in [5.74, 6) is -0.0172. The van der Waals surface area contributed by atoms with E-state index in [1.165, 1.54) is 0 Å². The number of carbonyl (C=O) groups is 1. The fourth-order valence-electron chi connectivity index (χ4n) is 3.10. The lowest BCUT2D eigenvalue weighted by Gasteiger charge is -2.26. The molecule has 2 aromatic rings. The van der Waals surface area contributed by atoms with Gasteiger partial charge in [0.15, 0.2) is 0 Å². The molecule has 1 aliphatic heterocycles. The summed E-state index contributed by atoms with van der Waals surface area (Å²) in [5, 5.41) is 13.5. The first-order valence-corrected chi connectivity index (χ1v) is 6.69. The van der Waals surface area contributed by atoms with Gasteiger partial charge in [-0.3, -0.25) is 10.1 Å². The molecule has 2 heterocycles. The number of hydrogen-bond donors (Lipinski definition) is 3. The number of carboxylic acid groups (broad SMARTS) is 1. The predicted octanol–water partition coefficient (Wildman–Crippen LogP) is 2.14. The van der Waals surface area contributed by atoms with Crippen molar-refractivity contribution in [1.82, 2.24) is 10.3 Å². The Hall–Kier alpha value is -2.01. The van der Waals surface area contributed by atoms with Gasteiger partial charge in [-0.2, -0.15) is 0 Å². The number of ether oxygens (including phenoxy) is 1. The molecule has 3 rings (SSSR count). The third-order valence-electron chi connectivity index (χ3n) is 4.07. The number of methoxy groups -OCH3 is 1. The Kier molecular flexibility index (Phi) is 2.94. The Morgan fingerprint density at radius 1 is 1.45 bits per heavy atom. The van der Waals surface area contributed by atoms with E-state index in [0.29, 0.717) is 6.42 Å². The fourth-order valence-corrected chi connectivity index (χ4v) is 3.10. The van der Waals surface area contributed by atoms with Gasteiger partial charge in [0.1, 0.15) is 11.8 Å². The van der Waals surface area contributed by atoms with Crippen LogP contribution >= 0.6 is 0 Å². The summed E-state index contributed by atoms with van der Waals surface area (Å²) in [5.41, 5.74) is 4.24. The number of H-pyrrole nitrogens is 1. The summed E-state index contributed by atoms with van der Waals surface area (Å²) >= 11 is 0. The van der Waals surface area contributed by atoms with Crippen molar-refractivity contribution >= 4 is 16.9 Å². The normalized spacial score (nSPS) is 21.8. The average Bonchev–Trinajstić information content (AvgIpc) is 2.80. The number of hydrogen-bond acceptors (Lipinski definition) is 3. The van der Waals surface area contributed by atoms with Crippen molar-refractivity contribution in [1.29, 1.82) is 0 Å². The molecule has 106 valence electrons. The number of aliphatic carboxylic acids is 1. The zero-order valence-corrected chi connectivity index (χ0v) is 11.8. The Morgan fingerprint density at radius 2 is 2.20 bits per heavy atom. The molecular weight excluding hydrogens is 256 g/mol. The Bertz CT molecular complexity index is 690. The number of carboxylic acids is 1. The largest absolute Gasteiger partial charge is 0.495 e. The summed E-state index contributed by atoms with van der Waals surface area (Å²) in [7, 11) is 1.64. The van der Waals surface area contributed by atoms with Gasteiger partial charge in [-0.25, -0.2) is 0 Å². The van der Waals surface area contributed by atoms with E-state index in [1.54, 1.807) is 7.11 Å². The number of nitrogens with one attached hydrogen (secondary N) is 2. The summed E-state index contributed by atoms with van der Waals surface area (Å²) in [4.78, 5) is 14.7. The van der Waals surface area contributed by atoms with Crippen LogP contribution in [0.1, 0.15) is 29.8 Å². The highest BCUT2D eigenvalue weighted by Crippen LogP contribution is 2.37. The highest BCUT2D eigenvalue weighted by Gasteiger charge is 2.31. The van der Waals surface area contributed by atoms with Crippen LogP contribution < -0.4 is 10.1 Å². The molecular formula is C15H18N2O3. The highest BCUT2D eigenvalue weighted by molar-refractivity contribution is 5.93. The first-order valence-electron chi connectivity index (χ1n) is 6.69. The Labute approximate surface area is 116 Å². The molecule has 1 aliphatic rings. The number of aryl methyl sites for hydroxylation is 1. The molecule has 3 N–H and O–H groups in total. The van der Waals surface area contributed by atoms with Crippen molar-refractivity contribution in [2.45, 2.75) is 32.4 Å². The lowest BCUT2D eigenvalue weighted by molar-refractivity contribution is -0.139. The van der Waals surface area contributed by atoms with Crippen LogP contribution in [0.2, 0.25) is 0 Å². The van der Waals surface area contributed by atoms with Crippen LogP contribution in [0.25, 0.3) is 10.9 Å². The fraction of sp³-hybridized carbons (Fsp3) is 0.400. The molecule has 20 heavy (non-hydrogen) atoms. The molecule has 0 amide bonds. The Balaban J connectivity index is 2.25. The molecule has 0 saturated heterocycles. The number of aromatic amines is 1. The van der Waals surface area contributed by atoms with Crippen LogP contribution in [0.4, 0.5) is 0 Å². The summed E-state index contributed by atoms with van der Waals surface area (Å²) in [6, 6.07) is 3.39. The topological polar surface area (TPSA) is 74.3 Å². The van der Waals surface area contributed by atoms with Crippen molar-refractivity contribution in [2.75, 3.05) is 7.11 Å². The lowest BCUT2D eigenvalue weighted by Crippen LogP contribution is -2.43. The second-order valence-electron chi connectivity index (χ2n) is 5.34. The lowest BCUT2D eigenvalue weighted by atomic mass is 9.93. The number of aromatic nitrogens is 1. The molecule has 0 bridgehead atoms. The van der Waals surface area contributed by atoms with Crippen molar-refractivity contribution < 1.29 is 14.6 Å². The molecule has 0 radical (unpaired) electrons. The molecule has 0 fully saturated rings. The van der Waals surface area contributed by atoms with Gasteiger partial charge in [0.2, 0.25) is 0 Å². The third kappa shape index (κ3) is 1.78. The maximum atomic E-state index is 11.3. The first kappa shape index (κ1) is 13.0. The van der Waals surface area contributed by atoms with Gasteiger partial charge in [0, 0.05) is 23.5 Å². The van der Waals surface area contributed by atoms with E-state index in [2.05, 4.69) is 10.3 Å². The molecule has 1 aromatic carbocycles. The van der Waals surface area contributed by atoms with Gasteiger partial charge < -0.3 is 14.8 Å². The third-order valence-corrected chi connectivity index (χ3v) is 4.07. The van der Waals surface area contributed by atoms with E-state index in [0.717, 1.165) is 33.5 Å². The summed E-state index contributed by atoms with van der Waals surface area (Å²) in [6.07, 6.45) is 0.489. The van der Waals surface area contributed by atoms with Crippen molar-refractivity contribution in [2.24, 2.45) is 0 Å². The average molecular weight is 274 g/mol. The van der Waals surface area contributed by atoms with Crippen LogP contribution in [-0.4, -0.2) is 29.2 Å². The minimum absolute atomic E-state index is 0.0173. The van der Waals surface area contributed by atoms with E-state index < -0.39 is 12.0 Å². The van der Waals surface area contributed by atoms with Crippen molar-refractivity contribution in [3.8, 4) is 5.75 Å². The molecule has 0 saturated carbocycles. The molecule has 0 aliphatic carbocycles. The molecule has 5 nitrogen and oxygen atoms in total. The number of benzene rings is 1. The highest BCUT2D eigenvalue weighted by atomic mass is 16.5. The van der Waals surface area contributed by atoms with Gasteiger partial charge >= 0.3 is 5.97 Å². The molecule has 1 aromatic heterocycles. The minimum atomic E-state index is -0.808. The quantitative estimate of drug-likeness (QED) is 0.784. The van der Waals surface area contributed by atoms with Gasteiger partial charge in [-0.05, 0) is 31.0 Å². The molecule has 5 heteroatoms. The van der Waals surface area contributed by atoms with E-state index >= 15 is 0 Å². The maximum absolute atomic E-state index is 11.3. The zero-order valence-electron chi connectivity index (χ0n) is 11.8. The van der Waals surface area contributed by atoms with Crippen molar-refractivity contribution in [3.63, 3.8) is 0 Å². The predicted molar refractivity (Wildman–Crippen MR) is 76.3 cm³/mol. The molecule has 2 atom stereocenters. The van der Waals surface area contributed by atoms with E-state index in [-0.39, 0.29) is 6.04 Å². The van der Waals surface area contributed by atoms with Gasteiger partial charge in [-0.15, -0.1) is 0 Å². The standard InChI is InChI=1S/C15H18N2O3/c1-7-4-5-11(20-3)14-12(7)9-6-10(15(18)19)16-8(2)13(9)17-14/h4-5,8,10,16-17H,6H2,1-3H3,(H,18,19). The van der Waals surface area contributed by atoms with E-state index in [4.69, 9.17) is 4.74 Å². The van der Waals surface area contributed by atoms with Crippen LogP contribution in [0.5, 0.6) is 5.75 Å². The van der Waals surface area contributed by atoms with E-state index in [1.807, 2.05) is 26.0 Å². The van der Waals surface area contributed by atoms with Crippen molar-refractivity contribution in [3.05, 3.63) is 29.0 Å². The summed E-state index contributed by atoms with van der Waals surface area (Å²) < 4.78 is 5.40.